The molecular weight excluding hydrogens is 378 g/mol. The maximum absolute atomic E-state index is 11.2. The van der Waals surface area contributed by atoms with Gasteiger partial charge in [-0.3, -0.25) is 4.79 Å². The minimum Gasteiger partial charge on any atom is -0.469 e. The average molecular weight is 402 g/mol. The molecule has 0 saturated carbocycles. The lowest BCUT2D eigenvalue weighted by Gasteiger charge is -2.32. The number of unbranched alkanes of at least 4 members (excludes halogenated alkanes) is 1. The second-order valence-electron chi connectivity index (χ2n) is 6.86. The van der Waals surface area contributed by atoms with Gasteiger partial charge < -0.3 is 9.64 Å². The Balaban J connectivity index is 1.37. The first-order chi connectivity index (χ1) is 13.2. The van der Waals surface area contributed by atoms with Crippen LogP contribution in [0.4, 0.5) is 5.13 Å². The molecule has 2 aliphatic rings. The highest BCUT2D eigenvalue weighted by molar-refractivity contribution is 8.14. The molecule has 0 aliphatic carbocycles. The predicted octanol–water partition coefficient (Wildman–Crippen LogP) is 4.19. The number of carbonyl (C=O) groups is 1. The Morgan fingerprint density at radius 3 is 3.04 bits per heavy atom. The van der Waals surface area contributed by atoms with Crippen molar-refractivity contribution in [3.8, 4) is 0 Å². The molecule has 1 fully saturated rings. The SMILES string of the molecule is COC(=O)CCCCc1csc(N=C2SC[C@@H]3Cc4ccccc4CN23)n1. The Bertz CT molecular complexity index is 849. The van der Waals surface area contributed by atoms with Gasteiger partial charge in [0.2, 0.25) is 5.13 Å². The first kappa shape index (κ1) is 18.5. The number of benzene rings is 1. The summed E-state index contributed by atoms with van der Waals surface area (Å²) in [6.45, 7) is 0.943. The van der Waals surface area contributed by atoms with Crippen LogP contribution in [0.25, 0.3) is 0 Å². The molecule has 5 nitrogen and oxygen atoms in total. The molecule has 142 valence electrons. The van der Waals surface area contributed by atoms with E-state index in [1.54, 1.807) is 11.3 Å². The van der Waals surface area contributed by atoms with E-state index in [4.69, 9.17) is 4.99 Å². The smallest absolute Gasteiger partial charge is 0.305 e. The summed E-state index contributed by atoms with van der Waals surface area (Å²) in [5.41, 5.74) is 3.95. The lowest BCUT2D eigenvalue weighted by atomic mass is 9.95. The van der Waals surface area contributed by atoms with Crippen LogP contribution >= 0.6 is 23.1 Å². The average Bonchev–Trinajstić information content (AvgIpc) is 3.30. The summed E-state index contributed by atoms with van der Waals surface area (Å²) in [6, 6.07) is 9.27. The van der Waals surface area contributed by atoms with Crippen molar-refractivity contribution in [2.75, 3.05) is 12.9 Å². The highest BCUT2D eigenvalue weighted by atomic mass is 32.2. The van der Waals surface area contributed by atoms with E-state index in [-0.39, 0.29) is 5.97 Å². The van der Waals surface area contributed by atoms with Gasteiger partial charge >= 0.3 is 5.97 Å². The van der Waals surface area contributed by atoms with E-state index in [1.807, 2.05) is 11.8 Å². The van der Waals surface area contributed by atoms with E-state index in [0.717, 1.165) is 54.0 Å². The molecule has 7 heteroatoms. The van der Waals surface area contributed by atoms with E-state index in [1.165, 1.54) is 18.2 Å². The molecular formula is C20H23N3O2S2. The summed E-state index contributed by atoms with van der Waals surface area (Å²) in [5, 5.41) is 4.02. The topological polar surface area (TPSA) is 54.8 Å². The van der Waals surface area contributed by atoms with E-state index >= 15 is 0 Å². The predicted molar refractivity (Wildman–Crippen MR) is 111 cm³/mol. The molecule has 4 rings (SSSR count). The number of thioether (sulfide) groups is 1. The van der Waals surface area contributed by atoms with Gasteiger partial charge in [0.1, 0.15) is 0 Å². The third-order valence-electron chi connectivity index (χ3n) is 5.03. The van der Waals surface area contributed by atoms with Crippen LogP contribution in [-0.2, 0) is 28.9 Å². The quantitative estimate of drug-likeness (QED) is 0.537. The highest BCUT2D eigenvalue weighted by Crippen LogP contribution is 2.35. The zero-order valence-electron chi connectivity index (χ0n) is 15.4. The van der Waals surface area contributed by atoms with Crippen molar-refractivity contribution >= 4 is 39.4 Å². The van der Waals surface area contributed by atoms with Gasteiger partial charge in [-0.1, -0.05) is 36.0 Å². The van der Waals surface area contributed by atoms with Crippen molar-refractivity contribution < 1.29 is 9.53 Å². The van der Waals surface area contributed by atoms with Gasteiger partial charge in [-0.2, -0.15) is 4.99 Å². The fourth-order valence-electron chi connectivity index (χ4n) is 3.53. The number of hydrogen-bond donors (Lipinski definition) is 0. The van der Waals surface area contributed by atoms with Crippen LogP contribution in [0.2, 0.25) is 0 Å². The van der Waals surface area contributed by atoms with E-state index in [2.05, 4.69) is 44.3 Å². The molecule has 0 bridgehead atoms. The Labute approximate surface area is 167 Å². The van der Waals surface area contributed by atoms with Gasteiger partial charge in [-0.15, -0.1) is 11.3 Å². The summed E-state index contributed by atoms with van der Waals surface area (Å²) in [6.07, 6.45) is 4.23. The first-order valence-corrected chi connectivity index (χ1v) is 11.2. The van der Waals surface area contributed by atoms with Gasteiger partial charge in [0, 0.05) is 30.1 Å². The fourth-order valence-corrected chi connectivity index (χ4v) is 5.48. The Morgan fingerprint density at radius 2 is 2.19 bits per heavy atom. The van der Waals surface area contributed by atoms with Crippen molar-refractivity contribution in [3.05, 3.63) is 46.5 Å². The van der Waals surface area contributed by atoms with Crippen LogP contribution in [0.5, 0.6) is 0 Å². The minimum atomic E-state index is -0.142. The zero-order chi connectivity index (χ0) is 18.6. The number of fused-ring (bicyclic) bond motifs is 2. The summed E-state index contributed by atoms with van der Waals surface area (Å²) in [4.78, 5) is 23.1. The lowest BCUT2D eigenvalue weighted by molar-refractivity contribution is -0.140. The summed E-state index contributed by atoms with van der Waals surface area (Å²) in [7, 11) is 1.43. The molecule has 3 heterocycles. The van der Waals surface area contributed by atoms with Gasteiger partial charge in [-0.25, -0.2) is 4.98 Å². The van der Waals surface area contributed by atoms with Crippen LogP contribution < -0.4 is 0 Å². The second-order valence-corrected chi connectivity index (χ2v) is 8.69. The molecule has 0 radical (unpaired) electrons. The molecule has 1 atom stereocenters. The van der Waals surface area contributed by atoms with Gasteiger partial charge in [0.25, 0.3) is 0 Å². The van der Waals surface area contributed by atoms with E-state index in [9.17, 15) is 4.79 Å². The molecule has 1 aromatic heterocycles. The van der Waals surface area contributed by atoms with Gasteiger partial charge in [0.15, 0.2) is 5.17 Å². The van der Waals surface area contributed by atoms with Crippen LogP contribution in [0.1, 0.15) is 36.1 Å². The number of nitrogens with zero attached hydrogens (tertiary/aromatic N) is 3. The zero-order valence-corrected chi connectivity index (χ0v) is 17.0. The first-order valence-electron chi connectivity index (χ1n) is 9.29. The third-order valence-corrected chi connectivity index (χ3v) is 6.95. The molecule has 0 amide bonds. The maximum atomic E-state index is 11.2. The number of ether oxygens (including phenoxy) is 1. The number of rotatable bonds is 6. The third kappa shape index (κ3) is 4.35. The number of aryl methyl sites for hydroxylation is 1. The van der Waals surface area contributed by atoms with Crippen LogP contribution in [-0.4, -0.2) is 39.9 Å². The lowest BCUT2D eigenvalue weighted by Crippen LogP contribution is -2.38. The monoisotopic (exact) mass is 401 g/mol. The number of methoxy groups -OCH3 is 1. The summed E-state index contributed by atoms with van der Waals surface area (Å²) in [5.74, 6) is 0.954. The molecule has 27 heavy (non-hydrogen) atoms. The molecule has 1 aromatic carbocycles. The number of aromatic nitrogens is 1. The van der Waals surface area contributed by atoms with Crippen molar-refractivity contribution in [2.45, 2.75) is 44.7 Å². The highest BCUT2D eigenvalue weighted by Gasteiger charge is 2.34. The van der Waals surface area contributed by atoms with E-state index in [0.29, 0.717) is 12.5 Å². The largest absolute Gasteiger partial charge is 0.469 e. The number of aliphatic imine (C=N–C) groups is 1. The van der Waals surface area contributed by atoms with Crippen molar-refractivity contribution in [1.82, 2.24) is 9.88 Å². The number of carbonyl (C=O) groups excluding carboxylic acids is 1. The molecule has 0 spiro atoms. The molecule has 0 unspecified atom stereocenters. The molecule has 2 aliphatic heterocycles. The van der Waals surface area contributed by atoms with Crippen LogP contribution in [0.15, 0.2) is 34.6 Å². The van der Waals surface area contributed by atoms with Gasteiger partial charge in [-0.05, 0) is 36.8 Å². The van der Waals surface area contributed by atoms with Gasteiger partial charge in [0.05, 0.1) is 12.8 Å². The molecule has 0 N–H and O–H groups in total. The number of amidine groups is 1. The van der Waals surface area contributed by atoms with Crippen LogP contribution in [0.3, 0.4) is 0 Å². The van der Waals surface area contributed by atoms with E-state index < -0.39 is 0 Å². The molecule has 2 aromatic rings. The number of thiazole rings is 1. The Morgan fingerprint density at radius 1 is 1.33 bits per heavy atom. The standard InChI is InChI=1S/C20H23N3O2S2/c1-25-18(24)9-5-4-8-16-12-26-19(21-16)22-20-23-11-15-7-3-2-6-14(15)10-17(23)13-27-20/h2-3,6-7,12,17H,4-5,8-11,13H2,1H3/t17-/m0/s1. The summed E-state index contributed by atoms with van der Waals surface area (Å²) < 4.78 is 4.67. The Hall–Kier alpha value is -1.86. The maximum Gasteiger partial charge on any atom is 0.305 e. The molecule has 1 saturated heterocycles. The number of hydrogen-bond acceptors (Lipinski definition) is 6. The van der Waals surface area contributed by atoms with Crippen molar-refractivity contribution in [2.24, 2.45) is 4.99 Å². The second kappa shape index (κ2) is 8.44. The van der Waals surface area contributed by atoms with Crippen molar-refractivity contribution in [3.63, 3.8) is 0 Å². The minimum absolute atomic E-state index is 0.142. The van der Waals surface area contributed by atoms with Crippen molar-refractivity contribution in [1.29, 1.82) is 0 Å². The number of esters is 1. The summed E-state index contributed by atoms with van der Waals surface area (Å²) >= 11 is 3.44. The fraction of sp³-hybridized carbons (Fsp3) is 0.450. The van der Waals surface area contributed by atoms with Crippen LogP contribution in [0, 0.1) is 0 Å². The Kier molecular flexibility index (Phi) is 5.78. The normalized spacial score (nSPS) is 19.8.